The third kappa shape index (κ3) is 1.60. The Balaban J connectivity index is 1.86. The molecule has 4 N–H and O–H groups in total. The van der Waals surface area contributed by atoms with E-state index in [-0.39, 0.29) is 5.91 Å². The number of nitrogens with one attached hydrogen (secondary N) is 2. The summed E-state index contributed by atoms with van der Waals surface area (Å²) in [6.07, 6.45) is 1.80. The maximum absolute atomic E-state index is 12.2. The van der Waals surface area contributed by atoms with Crippen LogP contribution in [0.1, 0.15) is 0 Å². The van der Waals surface area contributed by atoms with Gasteiger partial charge in [-0.25, -0.2) is 0 Å². The van der Waals surface area contributed by atoms with E-state index in [1.54, 1.807) is 6.20 Å². The molecule has 3 rings (SSSR count). The number of benzene rings is 1. The largest absolute Gasteiger partial charge is 0.379 e. The average molecular weight is 245 g/mol. The summed E-state index contributed by atoms with van der Waals surface area (Å²) < 4.78 is 5.11. The van der Waals surface area contributed by atoms with Gasteiger partial charge in [-0.3, -0.25) is 4.79 Å². The summed E-state index contributed by atoms with van der Waals surface area (Å²) in [6, 6.07) is 7.83. The van der Waals surface area contributed by atoms with Crippen molar-refractivity contribution in [1.82, 2.24) is 4.98 Å². The molecule has 1 aromatic heterocycles. The number of hydrogen-bond donors (Lipinski definition) is 3. The monoisotopic (exact) mass is 245 g/mol. The fourth-order valence-electron chi connectivity index (χ4n) is 2.12. The van der Waals surface area contributed by atoms with E-state index in [2.05, 4.69) is 10.3 Å². The van der Waals surface area contributed by atoms with Gasteiger partial charge in [0.05, 0.1) is 18.9 Å². The Morgan fingerprint density at radius 2 is 2.22 bits per heavy atom. The molecule has 1 aliphatic heterocycles. The molecule has 0 spiro atoms. The summed E-state index contributed by atoms with van der Waals surface area (Å²) in [5, 5.41) is 3.93. The molecule has 2 aromatic rings. The normalized spacial score (nSPS) is 17.4. The van der Waals surface area contributed by atoms with E-state index in [1.807, 2.05) is 24.3 Å². The molecule has 1 saturated heterocycles. The number of fused-ring (bicyclic) bond motifs is 1. The number of carbonyl (C=O) groups excluding carboxylic acids is 1. The van der Waals surface area contributed by atoms with Crippen molar-refractivity contribution in [2.75, 3.05) is 25.1 Å². The number of aromatic nitrogens is 1. The molecule has 0 saturated carbocycles. The Labute approximate surface area is 104 Å². The summed E-state index contributed by atoms with van der Waals surface area (Å²) in [6.45, 7) is 1.11. The maximum Gasteiger partial charge on any atom is 0.236 e. The molecule has 18 heavy (non-hydrogen) atoms. The Morgan fingerprint density at radius 1 is 1.44 bits per heavy atom. The van der Waals surface area contributed by atoms with E-state index in [1.165, 1.54) is 0 Å². The Kier molecular flexibility index (Phi) is 2.57. The average Bonchev–Trinajstić information content (AvgIpc) is 2.72. The minimum absolute atomic E-state index is 0.0685. The lowest BCUT2D eigenvalue weighted by atomic mass is 9.85. The number of para-hydroxylation sites is 1. The van der Waals surface area contributed by atoms with E-state index < -0.39 is 5.41 Å². The minimum Gasteiger partial charge on any atom is -0.379 e. The standard InChI is InChI=1S/C13H15N3O2/c14-6-13(7-18-8-13)12(17)16-11-5-15-10-4-2-1-3-9(10)11/h1-5,15H,6-8,14H2,(H,16,17). The molecule has 5 heteroatoms. The lowest BCUT2D eigenvalue weighted by Crippen LogP contribution is -2.56. The number of nitrogens with two attached hydrogens (primary N) is 1. The zero-order valence-electron chi connectivity index (χ0n) is 9.90. The fourth-order valence-corrected chi connectivity index (χ4v) is 2.12. The molecule has 1 aliphatic rings. The van der Waals surface area contributed by atoms with Crippen LogP contribution in [0.4, 0.5) is 5.69 Å². The molecule has 0 aliphatic carbocycles. The maximum atomic E-state index is 12.2. The lowest BCUT2D eigenvalue weighted by molar-refractivity contribution is -0.153. The number of rotatable bonds is 3. The summed E-state index contributed by atoms with van der Waals surface area (Å²) in [7, 11) is 0. The number of hydrogen-bond acceptors (Lipinski definition) is 3. The van der Waals surface area contributed by atoms with Gasteiger partial charge < -0.3 is 20.8 Å². The number of amides is 1. The first-order valence-corrected chi connectivity index (χ1v) is 5.91. The summed E-state index contributed by atoms with van der Waals surface area (Å²) in [5.41, 5.74) is 6.89. The number of anilines is 1. The van der Waals surface area contributed by atoms with E-state index >= 15 is 0 Å². The molecular weight excluding hydrogens is 230 g/mol. The highest BCUT2D eigenvalue weighted by Crippen LogP contribution is 2.30. The minimum atomic E-state index is -0.557. The summed E-state index contributed by atoms with van der Waals surface area (Å²) >= 11 is 0. The van der Waals surface area contributed by atoms with Crippen LogP contribution in [0.25, 0.3) is 10.9 Å². The second-order valence-electron chi connectivity index (χ2n) is 4.68. The topological polar surface area (TPSA) is 80.1 Å². The molecule has 94 valence electrons. The van der Waals surface area contributed by atoms with Crippen LogP contribution < -0.4 is 11.1 Å². The highest BCUT2D eigenvalue weighted by Gasteiger charge is 2.44. The highest BCUT2D eigenvalue weighted by atomic mass is 16.5. The first kappa shape index (κ1) is 11.3. The molecule has 1 amide bonds. The molecule has 0 radical (unpaired) electrons. The number of carbonyl (C=O) groups is 1. The van der Waals surface area contributed by atoms with Crippen molar-refractivity contribution in [2.45, 2.75) is 0 Å². The van der Waals surface area contributed by atoms with Crippen molar-refractivity contribution in [3.63, 3.8) is 0 Å². The van der Waals surface area contributed by atoms with Crippen molar-refractivity contribution in [3.05, 3.63) is 30.5 Å². The van der Waals surface area contributed by atoms with Crippen molar-refractivity contribution < 1.29 is 9.53 Å². The van der Waals surface area contributed by atoms with Crippen LogP contribution in [-0.4, -0.2) is 30.6 Å². The van der Waals surface area contributed by atoms with Gasteiger partial charge in [0.1, 0.15) is 5.41 Å². The molecular formula is C13H15N3O2. The van der Waals surface area contributed by atoms with Gasteiger partial charge in [0.15, 0.2) is 0 Å². The molecule has 2 heterocycles. The molecule has 0 atom stereocenters. The van der Waals surface area contributed by atoms with Crippen molar-refractivity contribution in [3.8, 4) is 0 Å². The second-order valence-corrected chi connectivity index (χ2v) is 4.68. The van der Waals surface area contributed by atoms with Crippen molar-refractivity contribution in [1.29, 1.82) is 0 Å². The summed E-state index contributed by atoms with van der Waals surface area (Å²) in [4.78, 5) is 15.3. The SMILES string of the molecule is NCC1(C(=O)Nc2c[nH]c3ccccc23)COC1. The molecule has 1 fully saturated rings. The van der Waals surface area contributed by atoms with Gasteiger partial charge in [-0.2, -0.15) is 0 Å². The van der Waals surface area contributed by atoms with Gasteiger partial charge in [0.25, 0.3) is 0 Å². The lowest BCUT2D eigenvalue weighted by Gasteiger charge is -2.38. The van der Waals surface area contributed by atoms with E-state index in [0.717, 1.165) is 16.6 Å². The predicted octanol–water partition coefficient (Wildman–Crippen LogP) is 1.08. The van der Waals surface area contributed by atoms with Crippen LogP contribution in [0.3, 0.4) is 0 Å². The van der Waals surface area contributed by atoms with Crippen LogP contribution in [-0.2, 0) is 9.53 Å². The van der Waals surface area contributed by atoms with Gasteiger partial charge in [-0.05, 0) is 6.07 Å². The van der Waals surface area contributed by atoms with Crippen molar-refractivity contribution in [2.24, 2.45) is 11.1 Å². The third-order valence-corrected chi connectivity index (χ3v) is 3.47. The van der Waals surface area contributed by atoms with Crippen LogP contribution in [0.5, 0.6) is 0 Å². The van der Waals surface area contributed by atoms with Gasteiger partial charge in [-0.1, -0.05) is 18.2 Å². The van der Waals surface area contributed by atoms with Gasteiger partial charge >= 0.3 is 0 Å². The smallest absolute Gasteiger partial charge is 0.236 e. The molecule has 5 nitrogen and oxygen atoms in total. The Hall–Kier alpha value is -1.85. The third-order valence-electron chi connectivity index (χ3n) is 3.47. The Bertz CT molecular complexity index is 581. The molecule has 0 bridgehead atoms. The van der Waals surface area contributed by atoms with Crippen LogP contribution in [0.2, 0.25) is 0 Å². The first-order chi connectivity index (χ1) is 8.75. The quantitative estimate of drug-likeness (QED) is 0.757. The van der Waals surface area contributed by atoms with E-state index in [4.69, 9.17) is 10.5 Å². The van der Waals surface area contributed by atoms with Gasteiger partial charge in [0, 0.05) is 23.6 Å². The number of H-pyrrole nitrogens is 1. The fraction of sp³-hybridized carbons (Fsp3) is 0.308. The van der Waals surface area contributed by atoms with Gasteiger partial charge in [-0.15, -0.1) is 0 Å². The Morgan fingerprint density at radius 3 is 2.89 bits per heavy atom. The van der Waals surface area contributed by atoms with Crippen LogP contribution in [0.15, 0.2) is 30.5 Å². The number of ether oxygens (including phenoxy) is 1. The zero-order chi connectivity index (χ0) is 12.6. The van der Waals surface area contributed by atoms with Crippen LogP contribution >= 0.6 is 0 Å². The zero-order valence-corrected chi connectivity index (χ0v) is 9.90. The van der Waals surface area contributed by atoms with E-state index in [9.17, 15) is 4.79 Å². The number of aromatic amines is 1. The van der Waals surface area contributed by atoms with Crippen LogP contribution in [0, 0.1) is 5.41 Å². The summed E-state index contributed by atoms with van der Waals surface area (Å²) in [5.74, 6) is -0.0685. The second kappa shape index (κ2) is 4.12. The highest BCUT2D eigenvalue weighted by molar-refractivity contribution is 6.04. The molecule has 1 aromatic carbocycles. The van der Waals surface area contributed by atoms with Crippen molar-refractivity contribution >= 4 is 22.5 Å². The molecule has 0 unspecified atom stereocenters. The predicted molar refractivity (Wildman–Crippen MR) is 69.2 cm³/mol. The van der Waals surface area contributed by atoms with E-state index in [0.29, 0.717) is 19.8 Å². The first-order valence-electron chi connectivity index (χ1n) is 5.91. The van der Waals surface area contributed by atoms with Gasteiger partial charge in [0.2, 0.25) is 5.91 Å².